The number of carbonyl (C=O) groups excluding carboxylic acids is 3. The Bertz CT molecular complexity index is 732. The second-order valence-electron chi connectivity index (χ2n) is 4.63. The summed E-state index contributed by atoms with van der Waals surface area (Å²) in [5.74, 6) is -1.69. The number of urea groups is 1. The van der Waals surface area contributed by atoms with E-state index in [9.17, 15) is 22.8 Å². The second kappa shape index (κ2) is 8.41. The molecule has 0 radical (unpaired) electrons. The number of hydrogen-bond donors (Lipinski definition) is 3. The van der Waals surface area contributed by atoms with Crippen LogP contribution in [0.25, 0.3) is 0 Å². The Hall–Kier alpha value is -2.46. The molecular weight excluding hydrogens is 338 g/mol. The van der Waals surface area contributed by atoms with Crippen molar-refractivity contribution >= 4 is 27.9 Å². The van der Waals surface area contributed by atoms with Gasteiger partial charge in [-0.05, 0) is 39.1 Å². The van der Waals surface area contributed by atoms with Crippen molar-refractivity contribution in [2.24, 2.45) is 0 Å². The number of imide groups is 1. The third-order valence-electron chi connectivity index (χ3n) is 2.88. The standard InChI is InChI=1S/C14H19N3O6S/c1-4-16-14(20)17-12(18)9(2)23-13(19)10-6-5-7-11(8-10)24(21,22)15-3/h5-9,15H,4H2,1-3H3,(H2,16,17,18,20)/t9-/m1/s1. The van der Waals surface area contributed by atoms with Crippen LogP contribution in [0.5, 0.6) is 0 Å². The van der Waals surface area contributed by atoms with E-state index in [1.54, 1.807) is 6.92 Å². The Morgan fingerprint density at radius 1 is 1.25 bits per heavy atom. The van der Waals surface area contributed by atoms with Crippen LogP contribution in [0.3, 0.4) is 0 Å². The number of sulfonamides is 1. The first kappa shape index (κ1) is 19.6. The number of ether oxygens (including phenoxy) is 1. The van der Waals surface area contributed by atoms with E-state index in [0.717, 1.165) is 6.07 Å². The van der Waals surface area contributed by atoms with Crippen LogP contribution in [0.4, 0.5) is 4.79 Å². The van der Waals surface area contributed by atoms with Gasteiger partial charge in [0, 0.05) is 6.54 Å². The van der Waals surface area contributed by atoms with E-state index in [1.807, 2.05) is 5.32 Å². The molecule has 0 bridgehead atoms. The number of esters is 1. The summed E-state index contributed by atoms with van der Waals surface area (Å²) in [5.41, 5.74) is -0.0380. The van der Waals surface area contributed by atoms with Gasteiger partial charge in [-0.3, -0.25) is 10.1 Å². The smallest absolute Gasteiger partial charge is 0.338 e. The van der Waals surface area contributed by atoms with Gasteiger partial charge in [-0.15, -0.1) is 0 Å². The summed E-state index contributed by atoms with van der Waals surface area (Å²) in [6.45, 7) is 3.31. The summed E-state index contributed by atoms with van der Waals surface area (Å²) in [4.78, 5) is 34.9. The van der Waals surface area contributed by atoms with Crippen molar-refractivity contribution in [3.63, 3.8) is 0 Å². The minimum Gasteiger partial charge on any atom is -0.449 e. The maximum Gasteiger partial charge on any atom is 0.338 e. The first-order valence-electron chi connectivity index (χ1n) is 7.04. The molecule has 1 atom stereocenters. The lowest BCUT2D eigenvalue weighted by atomic mass is 10.2. The van der Waals surface area contributed by atoms with E-state index in [1.165, 1.54) is 32.2 Å². The number of amides is 3. The van der Waals surface area contributed by atoms with Gasteiger partial charge in [0.1, 0.15) is 0 Å². The van der Waals surface area contributed by atoms with Crippen molar-refractivity contribution in [2.45, 2.75) is 24.8 Å². The number of rotatable bonds is 6. The molecule has 24 heavy (non-hydrogen) atoms. The molecule has 0 heterocycles. The van der Waals surface area contributed by atoms with Crippen LogP contribution in [0, 0.1) is 0 Å². The third kappa shape index (κ3) is 5.32. The lowest BCUT2D eigenvalue weighted by Crippen LogP contribution is -2.44. The molecule has 0 saturated carbocycles. The Balaban J connectivity index is 2.79. The minimum atomic E-state index is -3.71. The molecule has 0 fully saturated rings. The molecule has 0 saturated heterocycles. The van der Waals surface area contributed by atoms with Crippen molar-refractivity contribution in [1.82, 2.24) is 15.4 Å². The summed E-state index contributed by atoms with van der Waals surface area (Å²) in [5, 5.41) is 4.37. The van der Waals surface area contributed by atoms with Crippen LogP contribution in [0.15, 0.2) is 29.2 Å². The molecule has 0 spiro atoms. The molecule has 3 N–H and O–H groups in total. The van der Waals surface area contributed by atoms with Crippen molar-refractivity contribution in [2.75, 3.05) is 13.6 Å². The van der Waals surface area contributed by atoms with E-state index in [4.69, 9.17) is 4.74 Å². The van der Waals surface area contributed by atoms with Gasteiger partial charge in [-0.25, -0.2) is 22.7 Å². The number of nitrogens with one attached hydrogen (secondary N) is 3. The monoisotopic (exact) mass is 357 g/mol. The molecule has 1 aromatic carbocycles. The maximum absolute atomic E-state index is 12.0. The minimum absolute atomic E-state index is 0.0380. The molecule has 9 nitrogen and oxygen atoms in total. The molecule has 0 unspecified atom stereocenters. The Labute approximate surface area is 139 Å². The molecule has 132 valence electrons. The van der Waals surface area contributed by atoms with Crippen molar-refractivity contribution in [1.29, 1.82) is 0 Å². The molecular formula is C14H19N3O6S. The second-order valence-corrected chi connectivity index (χ2v) is 6.52. The fourth-order valence-electron chi connectivity index (χ4n) is 1.61. The fraction of sp³-hybridized carbons (Fsp3) is 0.357. The number of carbonyl (C=O) groups is 3. The van der Waals surface area contributed by atoms with Gasteiger partial charge in [0.05, 0.1) is 10.5 Å². The molecule has 0 aliphatic carbocycles. The number of benzene rings is 1. The van der Waals surface area contributed by atoms with Crippen LogP contribution in [0.1, 0.15) is 24.2 Å². The zero-order valence-electron chi connectivity index (χ0n) is 13.5. The summed E-state index contributed by atoms with van der Waals surface area (Å²) in [6.07, 6.45) is -1.23. The number of hydrogen-bond acceptors (Lipinski definition) is 6. The van der Waals surface area contributed by atoms with Crippen LogP contribution in [-0.4, -0.2) is 46.0 Å². The van der Waals surface area contributed by atoms with Crippen LogP contribution >= 0.6 is 0 Å². The Morgan fingerprint density at radius 2 is 1.92 bits per heavy atom. The van der Waals surface area contributed by atoms with Gasteiger partial charge in [0.2, 0.25) is 10.0 Å². The van der Waals surface area contributed by atoms with Gasteiger partial charge >= 0.3 is 12.0 Å². The van der Waals surface area contributed by atoms with Crippen LogP contribution < -0.4 is 15.4 Å². The normalized spacial score (nSPS) is 12.1. The van der Waals surface area contributed by atoms with E-state index >= 15 is 0 Å². The van der Waals surface area contributed by atoms with Crippen LogP contribution in [-0.2, 0) is 19.6 Å². The Kier molecular flexibility index (Phi) is 6.86. The van der Waals surface area contributed by atoms with Gasteiger partial charge in [-0.2, -0.15) is 0 Å². The van der Waals surface area contributed by atoms with Gasteiger partial charge in [0.25, 0.3) is 5.91 Å². The highest BCUT2D eigenvalue weighted by Crippen LogP contribution is 2.12. The molecule has 10 heteroatoms. The molecule has 0 aliphatic heterocycles. The quantitative estimate of drug-likeness (QED) is 0.614. The molecule has 0 aliphatic rings. The summed E-state index contributed by atoms with van der Waals surface area (Å²) in [6, 6.07) is 4.47. The van der Waals surface area contributed by atoms with E-state index < -0.39 is 34.0 Å². The van der Waals surface area contributed by atoms with E-state index in [0.29, 0.717) is 6.54 Å². The first-order chi connectivity index (χ1) is 11.2. The van der Waals surface area contributed by atoms with Crippen molar-refractivity contribution < 1.29 is 27.5 Å². The zero-order valence-corrected chi connectivity index (χ0v) is 14.3. The summed E-state index contributed by atoms with van der Waals surface area (Å²) < 4.78 is 30.5. The average Bonchev–Trinajstić information content (AvgIpc) is 2.54. The van der Waals surface area contributed by atoms with E-state index in [-0.39, 0.29) is 10.5 Å². The predicted molar refractivity (Wildman–Crippen MR) is 84.8 cm³/mol. The van der Waals surface area contributed by atoms with Crippen LogP contribution in [0.2, 0.25) is 0 Å². The molecule has 1 rings (SSSR count). The Morgan fingerprint density at radius 3 is 2.50 bits per heavy atom. The largest absolute Gasteiger partial charge is 0.449 e. The molecule has 1 aromatic rings. The lowest BCUT2D eigenvalue weighted by molar-refractivity contribution is -0.127. The topological polar surface area (TPSA) is 131 Å². The first-order valence-corrected chi connectivity index (χ1v) is 8.52. The zero-order chi connectivity index (χ0) is 18.3. The van der Waals surface area contributed by atoms with Gasteiger partial charge < -0.3 is 10.1 Å². The third-order valence-corrected chi connectivity index (χ3v) is 4.29. The van der Waals surface area contributed by atoms with Gasteiger partial charge in [0.15, 0.2) is 6.10 Å². The molecule has 0 aromatic heterocycles. The lowest BCUT2D eigenvalue weighted by Gasteiger charge is -2.13. The average molecular weight is 357 g/mol. The van der Waals surface area contributed by atoms with Gasteiger partial charge in [-0.1, -0.05) is 6.07 Å². The predicted octanol–water partition coefficient (Wildman–Crippen LogP) is -0.0143. The highest BCUT2D eigenvalue weighted by Gasteiger charge is 2.21. The fourth-order valence-corrected chi connectivity index (χ4v) is 2.38. The highest BCUT2D eigenvalue weighted by atomic mass is 32.2. The highest BCUT2D eigenvalue weighted by molar-refractivity contribution is 7.89. The summed E-state index contributed by atoms with van der Waals surface area (Å²) in [7, 11) is -2.47. The maximum atomic E-state index is 12.0. The van der Waals surface area contributed by atoms with Crippen molar-refractivity contribution in [3.05, 3.63) is 29.8 Å². The molecule has 3 amide bonds. The van der Waals surface area contributed by atoms with Crippen molar-refractivity contribution in [3.8, 4) is 0 Å². The summed E-state index contributed by atoms with van der Waals surface area (Å²) >= 11 is 0. The SMILES string of the molecule is CCNC(=O)NC(=O)[C@@H](C)OC(=O)c1cccc(S(=O)(=O)NC)c1. The van der Waals surface area contributed by atoms with E-state index in [2.05, 4.69) is 10.0 Å².